The fourth-order valence-corrected chi connectivity index (χ4v) is 5.27. The number of piperazine rings is 1. The maximum Gasteiger partial charge on any atom is 0.140 e. The minimum Gasteiger partial charge on any atom is -0.368 e. The van der Waals surface area contributed by atoms with Crippen molar-refractivity contribution in [2.24, 2.45) is 0 Å². The lowest BCUT2D eigenvalue weighted by atomic mass is 10.0. The first kappa shape index (κ1) is 19.1. The minimum absolute atomic E-state index is 0.723. The van der Waals surface area contributed by atoms with Crippen LogP contribution in [0.2, 0.25) is 5.02 Å². The van der Waals surface area contributed by atoms with Gasteiger partial charge in [-0.2, -0.15) is 0 Å². The Morgan fingerprint density at radius 1 is 1.03 bits per heavy atom. The molecule has 6 heteroatoms. The largest absolute Gasteiger partial charge is 0.368 e. The smallest absolute Gasteiger partial charge is 0.140 e. The second-order valence-corrected chi connectivity index (χ2v) is 8.68. The molecule has 0 amide bonds. The lowest BCUT2D eigenvalue weighted by Crippen LogP contribution is -2.45. The highest BCUT2D eigenvalue weighted by atomic mass is 35.5. The van der Waals surface area contributed by atoms with Crippen molar-refractivity contribution < 1.29 is 0 Å². The van der Waals surface area contributed by atoms with Crippen LogP contribution in [0.1, 0.15) is 0 Å². The van der Waals surface area contributed by atoms with Gasteiger partial charge in [0.1, 0.15) is 12.1 Å². The molecular weight excluding hydrogens is 412 g/mol. The van der Waals surface area contributed by atoms with Crippen molar-refractivity contribution in [2.75, 3.05) is 31.1 Å². The van der Waals surface area contributed by atoms with E-state index in [4.69, 9.17) is 11.6 Å². The van der Waals surface area contributed by atoms with Crippen LogP contribution in [-0.4, -0.2) is 41.0 Å². The molecule has 1 aliphatic rings. The molecule has 150 valence electrons. The van der Waals surface area contributed by atoms with E-state index in [-0.39, 0.29) is 0 Å². The maximum atomic E-state index is 6.79. The topological polar surface area (TPSA) is 32.3 Å². The first-order valence-corrected chi connectivity index (χ1v) is 11.1. The number of hydrogen-bond donors (Lipinski definition) is 0. The molecule has 1 aliphatic heterocycles. The molecule has 30 heavy (non-hydrogen) atoms. The number of fused-ring (bicyclic) bond motifs is 2. The predicted octanol–water partition coefficient (Wildman–Crippen LogP) is 5.99. The van der Waals surface area contributed by atoms with Crippen LogP contribution >= 0.6 is 22.9 Å². The van der Waals surface area contributed by atoms with Gasteiger partial charge in [0, 0.05) is 63.5 Å². The van der Waals surface area contributed by atoms with E-state index >= 15 is 0 Å². The standard InChI is InChI=1S/C24H21ClN4S/c1-3-16(2)28-8-10-29(11-9-28)24-19-12-21(25)18(13-22(19)26-15-27-24)20-14-30-23-7-5-4-6-17(20)23/h3-7,12-15H,1-2,8-11H2. The molecule has 3 heterocycles. The Balaban J connectivity index is 1.53. The van der Waals surface area contributed by atoms with Gasteiger partial charge >= 0.3 is 0 Å². The van der Waals surface area contributed by atoms with Gasteiger partial charge in [0.05, 0.1) is 5.52 Å². The molecule has 0 bridgehead atoms. The summed E-state index contributed by atoms with van der Waals surface area (Å²) in [6, 6.07) is 12.5. The van der Waals surface area contributed by atoms with E-state index in [1.165, 1.54) is 10.1 Å². The normalized spacial score (nSPS) is 14.4. The highest BCUT2D eigenvalue weighted by Crippen LogP contribution is 2.40. The quantitative estimate of drug-likeness (QED) is 0.371. The molecule has 2 aromatic carbocycles. The number of anilines is 1. The Morgan fingerprint density at radius 2 is 1.83 bits per heavy atom. The zero-order valence-corrected chi connectivity index (χ0v) is 18.1. The van der Waals surface area contributed by atoms with E-state index in [2.05, 4.69) is 68.6 Å². The molecule has 0 radical (unpaired) electrons. The molecule has 1 fully saturated rings. The van der Waals surface area contributed by atoms with Crippen molar-refractivity contribution in [2.45, 2.75) is 0 Å². The zero-order chi connectivity index (χ0) is 20.7. The number of allylic oxidation sites excluding steroid dienone is 1. The molecule has 4 nitrogen and oxygen atoms in total. The Hall–Kier alpha value is -2.89. The average Bonchev–Trinajstić information content (AvgIpc) is 3.22. The molecule has 2 aromatic heterocycles. The summed E-state index contributed by atoms with van der Waals surface area (Å²) in [4.78, 5) is 13.7. The Labute approximate surface area is 184 Å². The third kappa shape index (κ3) is 3.24. The van der Waals surface area contributed by atoms with E-state index in [9.17, 15) is 0 Å². The van der Waals surface area contributed by atoms with Crippen LogP contribution in [0.4, 0.5) is 5.82 Å². The predicted molar refractivity (Wildman–Crippen MR) is 128 cm³/mol. The summed E-state index contributed by atoms with van der Waals surface area (Å²) in [7, 11) is 0. The van der Waals surface area contributed by atoms with Crippen LogP contribution in [-0.2, 0) is 0 Å². The number of rotatable bonds is 4. The molecule has 0 N–H and O–H groups in total. The van der Waals surface area contributed by atoms with Gasteiger partial charge in [0.15, 0.2) is 0 Å². The Kier molecular flexibility index (Phi) is 4.93. The maximum absolute atomic E-state index is 6.79. The van der Waals surface area contributed by atoms with Crippen LogP contribution in [0.15, 0.2) is 73.0 Å². The van der Waals surface area contributed by atoms with Crippen molar-refractivity contribution in [3.63, 3.8) is 0 Å². The fourth-order valence-electron chi connectivity index (χ4n) is 4.04. The summed E-state index contributed by atoms with van der Waals surface area (Å²) in [5, 5.41) is 5.10. The highest BCUT2D eigenvalue weighted by Gasteiger charge is 2.21. The second-order valence-electron chi connectivity index (χ2n) is 7.36. The molecule has 0 unspecified atom stereocenters. The molecule has 0 aliphatic carbocycles. The second kappa shape index (κ2) is 7.74. The van der Waals surface area contributed by atoms with Gasteiger partial charge < -0.3 is 9.80 Å². The number of halogens is 1. The van der Waals surface area contributed by atoms with Gasteiger partial charge in [-0.3, -0.25) is 0 Å². The van der Waals surface area contributed by atoms with E-state index in [0.29, 0.717) is 0 Å². The summed E-state index contributed by atoms with van der Waals surface area (Å²) in [6.45, 7) is 11.4. The number of benzene rings is 2. The Morgan fingerprint density at radius 3 is 2.63 bits per heavy atom. The highest BCUT2D eigenvalue weighted by molar-refractivity contribution is 7.17. The summed E-state index contributed by atoms with van der Waals surface area (Å²) in [5.41, 5.74) is 4.04. The van der Waals surface area contributed by atoms with Crippen LogP contribution in [0.3, 0.4) is 0 Å². The first-order valence-electron chi connectivity index (χ1n) is 9.88. The van der Waals surface area contributed by atoms with Crippen molar-refractivity contribution in [1.82, 2.24) is 14.9 Å². The van der Waals surface area contributed by atoms with Gasteiger partial charge in [-0.15, -0.1) is 11.3 Å². The van der Waals surface area contributed by atoms with Crippen LogP contribution < -0.4 is 4.90 Å². The van der Waals surface area contributed by atoms with E-state index in [0.717, 1.165) is 64.7 Å². The zero-order valence-electron chi connectivity index (χ0n) is 16.5. The number of nitrogens with zero attached hydrogens (tertiary/aromatic N) is 4. The SMILES string of the molecule is C=CC(=C)N1CCN(c2ncnc3cc(-c4csc5ccccc45)c(Cl)cc23)CC1. The fraction of sp³-hybridized carbons (Fsp3) is 0.167. The monoisotopic (exact) mass is 432 g/mol. The third-order valence-electron chi connectivity index (χ3n) is 5.70. The van der Waals surface area contributed by atoms with E-state index in [1.54, 1.807) is 17.7 Å². The lowest BCUT2D eigenvalue weighted by molar-refractivity contribution is 0.331. The van der Waals surface area contributed by atoms with Gasteiger partial charge in [-0.25, -0.2) is 9.97 Å². The van der Waals surface area contributed by atoms with Crippen molar-refractivity contribution in [1.29, 1.82) is 0 Å². The number of aromatic nitrogens is 2. The van der Waals surface area contributed by atoms with Gasteiger partial charge in [-0.1, -0.05) is 43.0 Å². The Bertz CT molecular complexity index is 1270. The summed E-state index contributed by atoms with van der Waals surface area (Å²) >= 11 is 8.52. The molecule has 5 rings (SSSR count). The number of thiophene rings is 1. The van der Waals surface area contributed by atoms with Crippen LogP contribution in [0.25, 0.3) is 32.1 Å². The van der Waals surface area contributed by atoms with Crippen LogP contribution in [0, 0.1) is 0 Å². The molecule has 0 spiro atoms. The third-order valence-corrected chi connectivity index (χ3v) is 6.97. The molecule has 0 saturated carbocycles. The van der Waals surface area contributed by atoms with Gasteiger partial charge in [0.25, 0.3) is 0 Å². The molecule has 4 aromatic rings. The first-order chi connectivity index (χ1) is 14.7. The van der Waals surface area contributed by atoms with Crippen LogP contribution in [0.5, 0.6) is 0 Å². The van der Waals surface area contributed by atoms with Crippen molar-refractivity contribution in [3.05, 3.63) is 78.1 Å². The van der Waals surface area contributed by atoms with Gasteiger partial charge in [-0.05, 0) is 29.7 Å². The van der Waals surface area contributed by atoms with Crippen molar-refractivity contribution >= 4 is 49.7 Å². The summed E-state index contributed by atoms with van der Waals surface area (Å²) < 4.78 is 1.26. The minimum atomic E-state index is 0.723. The summed E-state index contributed by atoms with van der Waals surface area (Å²) in [6.07, 6.45) is 3.46. The number of hydrogen-bond acceptors (Lipinski definition) is 5. The molecular formula is C24H21ClN4S. The molecule has 0 atom stereocenters. The summed E-state index contributed by atoms with van der Waals surface area (Å²) in [5.74, 6) is 0.937. The lowest BCUT2D eigenvalue weighted by Gasteiger charge is -2.37. The van der Waals surface area contributed by atoms with Gasteiger partial charge in [0.2, 0.25) is 0 Å². The van der Waals surface area contributed by atoms with E-state index < -0.39 is 0 Å². The average molecular weight is 433 g/mol. The van der Waals surface area contributed by atoms with Crippen molar-refractivity contribution in [3.8, 4) is 11.1 Å². The van der Waals surface area contributed by atoms with E-state index in [1.807, 2.05) is 12.1 Å². The molecule has 1 saturated heterocycles.